The molecule has 0 aliphatic heterocycles. The number of amides is 2. The molecule has 5 heteroatoms. The van der Waals surface area contributed by atoms with Crippen molar-refractivity contribution in [3.05, 3.63) is 71.5 Å². The molecule has 2 rings (SSSR count). The first-order valence-electron chi connectivity index (χ1n) is 8.84. The van der Waals surface area contributed by atoms with Gasteiger partial charge in [0, 0.05) is 13.6 Å². The van der Waals surface area contributed by atoms with Crippen molar-refractivity contribution in [1.29, 1.82) is 0 Å². The van der Waals surface area contributed by atoms with E-state index in [1.807, 2.05) is 37.3 Å². The van der Waals surface area contributed by atoms with Gasteiger partial charge in [-0.1, -0.05) is 49.4 Å². The highest BCUT2D eigenvalue weighted by molar-refractivity contribution is 5.88. The van der Waals surface area contributed by atoms with Crippen LogP contribution in [0, 0.1) is 5.82 Å². The van der Waals surface area contributed by atoms with Gasteiger partial charge in [0.2, 0.25) is 11.8 Å². The Morgan fingerprint density at radius 1 is 1.04 bits per heavy atom. The summed E-state index contributed by atoms with van der Waals surface area (Å²) < 4.78 is 13.1. The van der Waals surface area contributed by atoms with Gasteiger partial charge in [-0.05, 0) is 36.1 Å². The van der Waals surface area contributed by atoms with Crippen LogP contribution in [0.5, 0.6) is 0 Å². The van der Waals surface area contributed by atoms with Crippen LogP contribution in [-0.4, -0.2) is 36.3 Å². The van der Waals surface area contributed by atoms with Crippen molar-refractivity contribution in [1.82, 2.24) is 10.2 Å². The lowest BCUT2D eigenvalue weighted by Gasteiger charge is -2.30. The first-order chi connectivity index (χ1) is 12.5. The Morgan fingerprint density at radius 2 is 1.69 bits per heavy atom. The summed E-state index contributed by atoms with van der Waals surface area (Å²) in [6.45, 7) is 2.34. The van der Waals surface area contributed by atoms with E-state index in [0.717, 1.165) is 11.1 Å². The number of carbonyl (C=O) groups is 2. The van der Waals surface area contributed by atoms with E-state index in [-0.39, 0.29) is 24.1 Å². The zero-order chi connectivity index (χ0) is 18.9. The maximum absolute atomic E-state index is 13.1. The smallest absolute Gasteiger partial charge is 0.242 e. The van der Waals surface area contributed by atoms with Gasteiger partial charge in [0.1, 0.15) is 11.9 Å². The first kappa shape index (κ1) is 19.6. The molecular weight excluding hydrogens is 331 g/mol. The SMILES string of the molecule is CC[C@H](C(=O)NC)N(CCc1ccccc1)C(=O)Cc1ccc(F)cc1. The van der Waals surface area contributed by atoms with Crippen LogP contribution < -0.4 is 5.32 Å². The van der Waals surface area contributed by atoms with Crippen molar-refractivity contribution < 1.29 is 14.0 Å². The molecule has 4 nitrogen and oxygen atoms in total. The molecule has 0 heterocycles. The number of halogens is 1. The predicted molar refractivity (Wildman–Crippen MR) is 100 cm³/mol. The highest BCUT2D eigenvalue weighted by Gasteiger charge is 2.27. The lowest BCUT2D eigenvalue weighted by atomic mass is 10.1. The molecule has 0 aromatic heterocycles. The van der Waals surface area contributed by atoms with Crippen LogP contribution in [0.1, 0.15) is 24.5 Å². The van der Waals surface area contributed by atoms with E-state index in [1.165, 1.54) is 12.1 Å². The Bertz CT molecular complexity index is 717. The van der Waals surface area contributed by atoms with Crippen molar-refractivity contribution in [2.24, 2.45) is 0 Å². The van der Waals surface area contributed by atoms with Gasteiger partial charge in [0.15, 0.2) is 0 Å². The molecule has 0 bridgehead atoms. The minimum atomic E-state index is -0.517. The van der Waals surface area contributed by atoms with Gasteiger partial charge in [-0.3, -0.25) is 9.59 Å². The minimum absolute atomic E-state index is 0.136. The third-order valence-electron chi connectivity index (χ3n) is 4.39. The van der Waals surface area contributed by atoms with E-state index >= 15 is 0 Å². The zero-order valence-electron chi connectivity index (χ0n) is 15.2. The molecule has 1 N–H and O–H groups in total. The standard InChI is InChI=1S/C21H25FN2O2/c1-3-19(21(26)23-2)24(14-13-16-7-5-4-6-8-16)20(25)15-17-9-11-18(22)12-10-17/h4-12,19H,3,13-15H2,1-2H3,(H,23,26)/t19-/m1/s1. The monoisotopic (exact) mass is 356 g/mol. The number of hydrogen-bond donors (Lipinski definition) is 1. The summed E-state index contributed by atoms with van der Waals surface area (Å²) in [5.74, 6) is -0.644. The van der Waals surface area contributed by atoms with E-state index < -0.39 is 6.04 Å². The number of carbonyl (C=O) groups excluding carboxylic acids is 2. The molecule has 26 heavy (non-hydrogen) atoms. The van der Waals surface area contributed by atoms with Gasteiger partial charge in [0.05, 0.1) is 6.42 Å². The van der Waals surface area contributed by atoms with E-state index in [2.05, 4.69) is 5.32 Å². The van der Waals surface area contributed by atoms with Crippen LogP contribution in [0.15, 0.2) is 54.6 Å². The van der Waals surface area contributed by atoms with Gasteiger partial charge in [-0.25, -0.2) is 4.39 Å². The van der Waals surface area contributed by atoms with E-state index in [1.54, 1.807) is 24.1 Å². The summed E-state index contributed by atoms with van der Waals surface area (Å²) in [6, 6.07) is 15.2. The first-order valence-corrected chi connectivity index (χ1v) is 8.84. The predicted octanol–water partition coefficient (Wildman–Crippen LogP) is 2.96. The van der Waals surface area contributed by atoms with Crippen molar-refractivity contribution in [2.45, 2.75) is 32.2 Å². The van der Waals surface area contributed by atoms with Gasteiger partial charge in [-0.15, -0.1) is 0 Å². The Hall–Kier alpha value is -2.69. The summed E-state index contributed by atoms with van der Waals surface area (Å²) in [5.41, 5.74) is 1.84. The van der Waals surface area contributed by atoms with Crippen molar-refractivity contribution >= 4 is 11.8 Å². The second-order valence-electron chi connectivity index (χ2n) is 6.16. The fourth-order valence-electron chi connectivity index (χ4n) is 2.94. The topological polar surface area (TPSA) is 49.4 Å². The Morgan fingerprint density at radius 3 is 2.27 bits per heavy atom. The lowest BCUT2D eigenvalue weighted by Crippen LogP contribution is -2.49. The van der Waals surface area contributed by atoms with Crippen molar-refractivity contribution in [3.63, 3.8) is 0 Å². The molecule has 0 aliphatic carbocycles. The lowest BCUT2D eigenvalue weighted by molar-refractivity contribution is -0.140. The molecule has 2 amide bonds. The second-order valence-corrected chi connectivity index (χ2v) is 6.16. The summed E-state index contributed by atoms with van der Waals surface area (Å²) in [7, 11) is 1.57. The summed E-state index contributed by atoms with van der Waals surface area (Å²) in [5, 5.41) is 2.64. The Labute approximate surface area is 154 Å². The Balaban J connectivity index is 2.16. The van der Waals surface area contributed by atoms with E-state index in [9.17, 15) is 14.0 Å². The van der Waals surface area contributed by atoms with Crippen molar-refractivity contribution in [2.75, 3.05) is 13.6 Å². The molecule has 0 aliphatic rings. The molecule has 0 fully saturated rings. The van der Waals surface area contributed by atoms with E-state index in [4.69, 9.17) is 0 Å². The molecule has 0 saturated heterocycles. The normalized spacial score (nSPS) is 11.7. The number of rotatable bonds is 8. The summed E-state index contributed by atoms with van der Waals surface area (Å²) >= 11 is 0. The van der Waals surface area contributed by atoms with Crippen LogP contribution in [0.3, 0.4) is 0 Å². The highest BCUT2D eigenvalue weighted by Crippen LogP contribution is 2.12. The largest absolute Gasteiger partial charge is 0.357 e. The fraction of sp³-hybridized carbons (Fsp3) is 0.333. The second kappa shape index (κ2) is 9.70. The minimum Gasteiger partial charge on any atom is -0.357 e. The molecule has 0 unspecified atom stereocenters. The summed E-state index contributed by atoms with van der Waals surface area (Å²) in [6.07, 6.45) is 1.34. The third-order valence-corrected chi connectivity index (χ3v) is 4.39. The average molecular weight is 356 g/mol. The number of hydrogen-bond acceptors (Lipinski definition) is 2. The number of likely N-dealkylation sites (N-methyl/N-ethyl adjacent to an activating group) is 1. The molecule has 0 spiro atoms. The van der Waals surface area contributed by atoms with Gasteiger partial charge in [-0.2, -0.15) is 0 Å². The molecule has 0 radical (unpaired) electrons. The fourth-order valence-corrected chi connectivity index (χ4v) is 2.94. The molecule has 0 saturated carbocycles. The molecule has 2 aromatic rings. The van der Waals surface area contributed by atoms with Crippen molar-refractivity contribution in [3.8, 4) is 0 Å². The van der Waals surface area contributed by atoms with E-state index in [0.29, 0.717) is 19.4 Å². The number of nitrogens with zero attached hydrogens (tertiary/aromatic N) is 1. The number of benzene rings is 2. The van der Waals surface area contributed by atoms with Crippen LogP contribution in [0.25, 0.3) is 0 Å². The zero-order valence-corrected chi connectivity index (χ0v) is 15.2. The third kappa shape index (κ3) is 5.41. The van der Waals surface area contributed by atoms with Gasteiger partial charge < -0.3 is 10.2 Å². The Kier molecular flexibility index (Phi) is 7.33. The van der Waals surface area contributed by atoms with Gasteiger partial charge in [0.25, 0.3) is 0 Å². The van der Waals surface area contributed by atoms with Crippen LogP contribution >= 0.6 is 0 Å². The maximum atomic E-state index is 13.1. The maximum Gasteiger partial charge on any atom is 0.242 e. The van der Waals surface area contributed by atoms with Crippen LogP contribution in [-0.2, 0) is 22.4 Å². The highest BCUT2D eigenvalue weighted by atomic mass is 19.1. The van der Waals surface area contributed by atoms with Crippen LogP contribution in [0.2, 0.25) is 0 Å². The average Bonchev–Trinajstić information content (AvgIpc) is 2.67. The van der Waals surface area contributed by atoms with Gasteiger partial charge >= 0.3 is 0 Å². The molecule has 138 valence electrons. The molecule has 2 aromatic carbocycles. The quantitative estimate of drug-likeness (QED) is 0.791. The summed E-state index contributed by atoms with van der Waals surface area (Å²) in [4.78, 5) is 26.8. The number of nitrogens with one attached hydrogen (secondary N) is 1. The molecule has 1 atom stereocenters. The molecular formula is C21H25FN2O2. The van der Waals surface area contributed by atoms with Crippen LogP contribution in [0.4, 0.5) is 4.39 Å².